The lowest BCUT2D eigenvalue weighted by Crippen LogP contribution is -1.92. The van der Waals surface area contributed by atoms with Gasteiger partial charge in [0.2, 0.25) is 0 Å². The first-order chi connectivity index (χ1) is 5.54. The molecule has 0 aliphatic rings. The number of ketones is 1. The fraction of sp³-hybridized carbons (Fsp3) is 0.125. The Morgan fingerprint density at radius 3 is 2.50 bits per heavy atom. The van der Waals surface area contributed by atoms with Crippen LogP contribution in [0.3, 0.4) is 0 Å². The summed E-state index contributed by atoms with van der Waals surface area (Å²) in [4.78, 5) is 10.8. The maximum Gasteiger partial charge on any atom is 0.163 e. The molecule has 0 heterocycles. The molecule has 64 valence electrons. The first-order valence-corrected chi connectivity index (χ1v) is 3.63. The second-order valence-electron chi connectivity index (χ2n) is 2.35. The maximum absolute atomic E-state index is 10.8. The molecule has 2 N–H and O–H groups in total. The minimum atomic E-state index is -0.371. The SMILES string of the molecule is CC(=O)c1ccc(O)c(Cl)c1O. The van der Waals surface area contributed by atoms with Crippen molar-refractivity contribution in [2.75, 3.05) is 0 Å². The van der Waals surface area contributed by atoms with Gasteiger partial charge in [-0.2, -0.15) is 0 Å². The van der Waals surface area contributed by atoms with E-state index in [0.717, 1.165) is 0 Å². The molecule has 0 aliphatic carbocycles. The number of phenols is 2. The number of hydrogen-bond acceptors (Lipinski definition) is 3. The van der Waals surface area contributed by atoms with Gasteiger partial charge in [-0.25, -0.2) is 0 Å². The number of carbonyl (C=O) groups excluding carboxylic acids is 1. The summed E-state index contributed by atoms with van der Waals surface area (Å²) in [6.07, 6.45) is 0. The highest BCUT2D eigenvalue weighted by Gasteiger charge is 2.12. The van der Waals surface area contributed by atoms with Crippen molar-refractivity contribution < 1.29 is 15.0 Å². The van der Waals surface area contributed by atoms with Gasteiger partial charge in [0.15, 0.2) is 5.78 Å². The van der Waals surface area contributed by atoms with Gasteiger partial charge in [0, 0.05) is 0 Å². The summed E-state index contributed by atoms with van der Waals surface area (Å²) in [7, 11) is 0. The highest BCUT2D eigenvalue weighted by atomic mass is 35.5. The normalized spacial score (nSPS) is 9.83. The molecule has 0 saturated heterocycles. The van der Waals surface area contributed by atoms with E-state index < -0.39 is 0 Å². The largest absolute Gasteiger partial charge is 0.506 e. The molecule has 1 aromatic rings. The number of halogens is 1. The van der Waals surface area contributed by atoms with E-state index in [2.05, 4.69) is 0 Å². The highest BCUT2D eigenvalue weighted by Crippen LogP contribution is 2.35. The molecule has 0 atom stereocenters. The molecule has 0 amide bonds. The van der Waals surface area contributed by atoms with E-state index in [-0.39, 0.29) is 27.9 Å². The summed E-state index contributed by atoms with van der Waals surface area (Å²) in [5.41, 5.74) is 0.109. The predicted molar refractivity (Wildman–Crippen MR) is 44.8 cm³/mol. The van der Waals surface area contributed by atoms with Gasteiger partial charge in [-0.15, -0.1) is 0 Å². The summed E-state index contributed by atoms with van der Waals surface area (Å²) < 4.78 is 0. The first-order valence-electron chi connectivity index (χ1n) is 3.25. The monoisotopic (exact) mass is 186 g/mol. The Hall–Kier alpha value is -1.22. The van der Waals surface area contributed by atoms with Crippen molar-refractivity contribution in [1.82, 2.24) is 0 Å². The Balaban J connectivity index is 3.36. The Morgan fingerprint density at radius 2 is 2.00 bits per heavy atom. The summed E-state index contributed by atoms with van der Waals surface area (Å²) in [6.45, 7) is 1.31. The first kappa shape index (κ1) is 8.87. The van der Waals surface area contributed by atoms with E-state index in [0.29, 0.717) is 0 Å². The molecule has 0 unspecified atom stereocenters. The van der Waals surface area contributed by atoms with Crippen LogP contribution in [-0.4, -0.2) is 16.0 Å². The van der Waals surface area contributed by atoms with Crippen LogP contribution in [0.25, 0.3) is 0 Å². The summed E-state index contributed by atoms with van der Waals surface area (Å²) in [5, 5.41) is 18.0. The van der Waals surface area contributed by atoms with Gasteiger partial charge in [0.1, 0.15) is 16.5 Å². The Bertz CT molecular complexity index is 333. The van der Waals surface area contributed by atoms with Crippen LogP contribution in [0.1, 0.15) is 17.3 Å². The van der Waals surface area contributed by atoms with Crippen LogP contribution in [0, 0.1) is 0 Å². The van der Waals surface area contributed by atoms with Gasteiger partial charge in [-0.3, -0.25) is 4.79 Å². The van der Waals surface area contributed by atoms with Crippen molar-refractivity contribution in [2.45, 2.75) is 6.92 Å². The van der Waals surface area contributed by atoms with Gasteiger partial charge in [-0.05, 0) is 19.1 Å². The molecular weight excluding hydrogens is 180 g/mol. The minimum Gasteiger partial charge on any atom is -0.506 e. The zero-order valence-corrected chi connectivity index (χ0v) is 7.09. The van der Waals surface area contributed by atoms with Crippen LogP contribution in [0.4, 0.5) is 0 Å². The second-order valence-corrected chi connectivity index (χ2v) is 2.73. The minimum absolute atomic E-state index is 0.109. The van der Waals surface area contributed by atoms with E-state index in [1.54, 1.807) is 0 Å². The smallest absolute Gasteiger partial charge is 0.163 e. The number of carbonyl (C=O) groups is 1. The summed E-state index contributed by atoms with van der Waals surface area (Å²) >= 11 is 5.47. The van der Waals surface area contributed by atoms with Crippen molar-refractivity contribution >= 4 is 17.4 Å². The molecule has 0 spiro atoms. The Morgan fingerprint density at radius 1 is 1.42 bits per heavy atom. The van der Waals surface area contributed by atoms with Crippen LogP contribution in [-0.2, 0) is 0 Å². The number of aromatic hydroxyl groups is 2. The van der Waals surface area contributed by atoms with Gasteiger partial charge in [0.05, 0.1) is 5.56 Å². The average molecular weight is 187 g/mol. The topological polar surface area (TPSA) is 57.5 Å². The third-order valence-electron chi connectivity index (χ3n) is 1.48. The standard InChI is InChI=1S/C8H7ClO3/c1-4(10)5-2-3-6(11)7(9)8(5)12/h2-3,11-12H,1H3. The molecule has 0 bridgehead atoms. The number of hydrogen-bond donors (Lipinski definition) is 2. The lowest BCUT2D eigenvalue weighted by atomic mass is 10.1. The molecule has 0 aromatic heterocycles. The third kappa shape index (κ3) is 1.36. The maximum atomic E-state index is 10.8. The molecule has 1 rings (SSSR count). The summed E-state index contributed by atoms with van der Waals surface area (Å²) in [6, 6.07) is 2.58. The number of benzene rings is 1. The fourth-order valence-electron chi connectivity index (χ4n) is 0.838. The zero-order chi connectivity index (χ0) is 9.30. The highest BCUT2D eigenvalue weighted by molar-refractivity contribution is 6.34. The lowest BCUT2D eigenvalue weighted by Gasteiger charge is -2.03. The second kappa shape index (κ2) is 3.03. The van der Waals surface area contributed by atoms with Gasteiger partial charge < -0.3 is 10.2 Å². The quantitative estimate of drug-likeness (QED) is 0.660. The Labute approximate surface area is 74.2 Å². The third-order valence-corrected chi connectivity index (χ3v) is 1.85. The average Bonchev–Trinajstić information content (AvgIpc) is 2.00. The van der Waals surface area contributed by atoms with Crippen LogP contribution in [0.2, 0.25) is 5.02 Å². The van der Waals surface area contributed by atoms with Crippen molar-refractivity contribution in [2.24, 2.45) is 0 Å². The molecule has 0 radical (unpaired) electrons. The summed E-state index contributed by atoms with van der Waals surface area (Å²) in [5.74, 6) is -0.905. The van der Waals surface area contributed by atoms with Crippen molar-refractivity contribution in [3.05, 3.63) is 22.7 Å². The van der Waals surface area contributed by atoms with Crippen molar-refractivity contribution in [3.8, 4) is 11.5 Å². The molecule has 0 saturated carbocycles. The number of phenolic OH excluding ortho intramolecular Hbond substituents is 2. The van der Waals surface area contributed by atoms with E-state index in [4.69, 9.17) is 16.7 Å². The van der Waals surface area contributed by atoms with E-state index in [1.807, 2.05) is 0 Å². The van der Waals surface area contributed by atoms with Gasteiger partial charge in [-0.1, -0.05) is 11.6 Å². The van der Waals surface area contributed by atoms with Crippen LogP contribution >= 0.6 is 11.6 Å². The zero-order valence-electron chi connectivity index (χ0n) is 6.34. The van der Waals surface area contributed by atoms with Crippen LogP contribution in [0.15, 0.2) is 12.1 Å². The Kier molecular flexibility index (Phi) is 2.24. The van der Waals surface area contributed by atoms with E-state index >= 15 is 0 Å². The molecule has 0 aliphatic heterocycles. The molecule has 12 heavy (non-hydrogen) atoms. The van der Waals surface area contributed by atoms with E-state index in [9.17, 15) is 9.90 Å². The number of rotatable bonds is 1. The van der Waals surface area contributed by atoms with Gasteiger partial charge in [0.25, 0.3) is 0 Å². The van der Waals surface area contributed by atoms with Crippen LogP contribution in [0.5, 0.6) is 11.5 Å². The van der Waals surface area contributed by atoms with Gasteiger partial charge >= 0.3 is 0 Å². The molecule has 3 nitrogen and oxygen atoms in total. The van der Waals surface area contributed by atoms with Crippen molar-refractivity contribution in [3.63, 3.8) is 0 Å². The van der Waals surface area contributed by atoms with E-state index in [1.165, 1.54) is 19.1 Å². The number of Topliss-reactive ketones (excluding diaryl/α,β-unsaturated/α-hetero) is 1. The molecular formula is C8H7ClO3. The lowest BCUT2D eigenvalue weighted by molar-refractivity contribution is 0.101. The fourth-order valence-corrected chi connectivity index (χ4v) is 1.00. The molecule has 1 aromatic carbocycles. The predicted octanol–water partition coefficient (Wildman–Crippen LogP) is 1.95. The van der Waals surface area contributed by atoms with Crippen molar-refractivity contribution in [1.29, 1.82) is 0 Å². The molecule has 4 heteroatoms. The van der Waals surface area contributed by atoms with Crippen LogP contribution < -0.4 is 0 Å². The molecule has 0 fully saturated rings.